The Hall–Kier alpha value is -1.82. The van der Waals surface area contributed by atoms with Crippen LogP contribution in [0.25, 0.3) is 0 Å². The van der Waals surface area contributed by atoms with Crippen molar-refractivity contribution in [2.24, 2.45) is 0 Å². The lowest BCUT2D eigenvalue weighted by Crippen LogP contribution is -1.99. The first-order chi connectivity index (χ1) is 7.13. The van der Waals surface area contributed by atoms with Crippen LogP contribution in [0.4, 0.5) is 4.39 Å². The van der Waals surface area contributed by atoms with Gasteiger partial charge in [-0.05, 0) is 31.5 Å². The molecule has 0 aromatic heterocycles. The number of rotatable bonds is 1. The molecule has 2 nitrogen and oxygen atoms in total. The zero-order valence-corrected chi connectivity index (χ0v) is 8.63. The highest BCUT2D eigenvalue weighted by molar-refractivity contribution is 5.89. The topological polar surface area (TPSA) is 26.3 Å². The SMILES string of the molecule is CCOC(=O)C#Cc1ccc(C)cc1F. The Kier molecular flexibility index (Phi) is 3.87. The van der Waals surface area contributed by atoms with E-state index in [1.165, 1.54) is 12.1 Å². The van der Waals surface area contributed by atoms with E-state index < -0.39 is 11.8 Å². The largest absolute Gasteiger partial charge is 0.456 e. The van der Waals surface area contributed by atoms with Gasteiger partial charge in [0.25, 0.3) is 0 Å². The summed E-state index contributed by atoms with van der Waals surface area (Å²) in [5, 5.41) is 0. The van der Waals surface area contributed by atoms with Gasteiger partial charge >= 0.3 is 5.97 Å². The van der Waals surface area contributed by atoms with Crippen molar-refractivity contribution in [2.75, 3.05) is 6.61 Å². The third-order valence-electron chi connectivity index (χ3n) is 1.70. The summed E-state index contributed by atoms with van der Waals surface area (Å²) < 4.78 is 17.8. The molecule has 0 unspecified atom stereocenters. The molecular weight excluding hydrogens is 195 g/mol. The second-order valence-electron chi connectivity index (χ2n) is 2.95. The van der Waals surface area contributed by atoms with Gasteiger partial charge in [-0.15, -0.1) is 0 Å². The van der Waals surface area contributed by atoms with E-state index in [9.17, 15) is 9.18 Å². The van der Waals surface area contributed by atoms with Crippen molar-refractivity contribution in [3.05, 3.63) is 35.1 Å². The molecule has 0 radical (unpaired) electrons. The van der Waals surface area contributed by atoms with E-state index in [2.05, 4.69) is 16.6 Å². The zero-order valence-electron chi connectivity index (χ0n) is 8.63. The van der Waals surface area contributed by atoms with Crippen LogP contribution < -0.4 is 0 Å². The lowest BCUT2D eigenvalue weighted by molar-refractivity contribution is -0.136. The van der Waals surface area contributed by atoms with Gasteiger partial charge in [-0.1, -0.05) is 12.0 Å². The summed E-state index contributed by atoms with van der Waals surface area (Å²) in [6.07, 6.45) is 0. The highest BCUT2D eigenvalue weighted by Crippen LogP contribution is 2.07. The normalized spacial score (nSPS) is 9.00. The minimum Gasteiger partial charge on any atom is -0.456 e. The average Bonchev–Trinajstić information content (AvgIpc) is 2.17. The molecule has 0 amide bonds. The molecule has 1 rings (SSSR count). The highest BCUT2D eigenvalue weighted by atomic mass is 19.1. The summed E-state index contributed by atoms with van der Waals surface area (Å²) in [7, 11) is 0. The van der Waals surface area contributed by atoms with Crippen molar-refractivity contribution in [3.63, 3.8) is 0 Å². The molecule has 1 aromatic carbocycles. The van der Waals surface area contributed by atoms with Crippen molar-refractivity contribution in [1.82, 2.24) is 0 Å². The van der Waals surface area contributed by atoms with E-state index in [0.29, 0.717) is 0 Å². The molecule has 0 aliphatic heterocycles. The molecule has 1 aromatic rings. The number of hydrogen-bond donors (Lipinski definition) is 0. The second kappa shape index (κ2) is 5.16. The van der Waals surface area contributed by atoms with Crippen molar-refractivity contribution in [1.29, 1.82) is 0 Å². The van der Waals surface area contributed by atoms with Gasteiger partial charge in [0.05, 0.1) is 12.2 Å². The number of carbonyl (C=O) groups is 1. The zero-order chi connectivity index (χ0) is 11.3. The fourth-order valence-electron chi connectivity index (χ4n) is 1.01. The standard InChI is InChI=1S/C12H11FO2/c1-3-15-12(14)7-6-10-5-4-9(2)8-11(10)13/h4-5,8H,3H2,1-2H3. The lowest BCUT2D eigenvalue weighted by atomic mass is 10.1. The highest BCUT2D eigenvalue weighted by Gasteiger charge is 1.99. The van der Waals surface area contributed by atoms with E-state index in [-0.39, 0.29) is 12.2 Å². The molecule has 15 heavy (non-hydrogen) atoms. The van der Waals surface area contributed by atoms with Crippen LogP contribution >= 0.6 is 0 Å². The van der Waals surface area contributed by atoms with Crippen LogP contribution in [0.15, 0.2) is 18.2 Å². The van der Waals surface area contributed by atoms with Gasteiger partial charge in [-0.3, -0.25) is 0 Å². The van der Waals surface area contributed by atoms with E-state index in [1.54, 1.807) is 19.9 Å². The molecule has 78 valence electrons. The van der Waals surface area contributed by atoms with Crippen LogP contribution in [0.5, 0.6) is 0 Å². The minimum atomic E-state index is -0.641. The summed E-state index contributed by atoms with van der Waals surface area (Å²) in [6, 6.07) is 4.64. The smallest absolute Gasteiger partial charge is 0.384 e. The van der Waals surface area contributed by atoms with Gasteiger partial charge in [-0.2, -0.15) is 0 Å². The molecule has 0 saturated carbocycles. The van der Waals surface area contributed by atoms with Crippen LogP contribution in [0.1, 0.15) is 18.1 Å². The number of hydrogen-bond acceptors (Lipinski definition) is 2. The first-order valence-corrected chi connectivity index (χ1v) is 4.58. The van der Waals surface area contributed by atoms with E-state index in [1.807, 2.05) is 0 Å². The van der Waals surface area contributed by atoms with Gasteiger partial charge in [0.1, 0.15) is 5.82 Å². The number of esters is 1. The monoisotopic (exact) mass is 206 g/mol. The predicted molar refractivity (Wildman–Crippen MR) is 54.6 cm³/mol. The molecule has 0 saturated heterocycles. The van der Waals surface area contributed by atoms with Gasteiger partial charge < -0.3 is 4.74 Å². The number of halogens is 1. The predicted octanol–water partition coefficient (Wildman–Crippen LogP) is 2.05. The Balaban J connectivity index is 2.84. The Bertz CT molecular complexity index is 427. The molecule has 3 heteroatoms. The molecule has 0 spiro atoms. The average molecular weight is 206 g/mol. The Labute approximate surface area is 88.1 Å². The summed E-state index contributed by atoms with van der Waals surface area (Å²) >= 11 is 0. The summed E-state index contributed by atoms with van der Waals surface area (Å²) in [4.78, 5) is 10.9. The Morgan fingerprint density at radius 2 is 2.27 bits per heavy atom. The number of benzene rings is 1. The number of carbonyl (C=O) groups excluding carboxylic acids is 1. The van der Waals surface area contributed by atoms with Gasteiger partial charge in [0, 0.05) is 5.92 Å². The van der Waals surface area contributed by atoms with Gasteiger partial charge in [-0.25, -0.2) is 9.18 Å². The van der Waals surface area contributed by atoms with E-state index in [4.69, 9.17) is 0 Å². The van der Waals surface area contributed by atoms with Crippen LogP contribution in [0, 0.1) is 24.6 Å². The Morgan fingerprint density at radius 3 is 2.87 bits per heavy atom. The van der Waals surface area contributed by atoms with E-state index >= 15 is 0 Å². The van der Waals surface area contributed by atoms with Crippen molar-refractivity contribution >= 4 is 5.97 Å². The quantitative estimate of drug-likeness (QED) is 0.519. The molecule has 0 heterocycles. The van der Waals surface area contributed by atoms with Crippen LogP contribution in [0.3, 0.4) is 0 Å². The first kappa shape index (κ1) is 11.3. The maximum atomic E-state index is 13.2. The Morgan fingerprint density at radius 1 is 1.53 bits per heavy atom. The lowest BCUT2D eigenvalue weighted by Gasteiger charge is -1.95. The molecule has 0 aliphatic rings. The van der Waals surface area contributed by atoms with E-state index in [0.717, 1.165) is 5.56 Å². The van der Waals surface area contributed by atoms with Gasteiger partial charge in [0.15, 0.2) is 0 Å². The van der Waals surface area contributed by atoms with Crippen molar-refractivity contribution in [2.45, 2.75) is 13.8 Å². The summed E-state index contributed by atoms with van der Waals surface area (Å²) in [5.41, 5.74) is 1.02. The van der Waals surface area contributed by atoms with Crippen molar-refractivity contribution < 1.29 is 13.9 Å². The fraction of sp³-hybridized carbons (Fsp3) is 0.250. The third-order valence-corrected chi connectivity index (χ3v) is 1.70. The fourth-order valence-corrected chi connectivity index (χ4v) is 1.01. The molecule has 0 fully saturated rings. The summed E-state index contributed by atoms with van der Waals surface area (Å²) in [5.74, 6) is 3.57. The van der Waals surface area contributed by atoms with Crippen LogP contribution in [-0.4, -0.2) is 12.6 Å². The van der Waals surface area contributed by atoms with Crippen molar-refractivity contribution in [3.8, 4) is 11.8 Å². The third kappa shape index (κ3) is 3.43. The molecular formula is C12H11FO2. The molecule has 0 N–H and O–H groups in total. The van der Waals surface area contributed by atoms with Gasteiger partial charge in [0.2, 0.25) is 0 Å². The van der Waals surface area contributed by atoms with Crippen LogP contribution in [0.2, 0.25) is 0 Å². The maximum absolute atomic E-state index is 13.2. The number of aryl methyl sites for hydroxylation is 1. The summed E-state index contributed by atoms with van der Waals surface area (Å²) in [6.45, 7) is 3.74. The second-order valence-corrected chi connectivity index (χ2v) is 2.95. The minimum absolute atomic E-state index is 0.202. The molecule has 0 atom stereocenters. The first-order valence-electron chi connectivity index (χ1n) is 4.58. The number of ether oxygens (including phenoxy) is 1. The van der Waals surface area contributed by atoms with Crippen LogP contribution in [-0.2, 0) is 9.53 Å². The maximum Gasteiger partial charge on any atom is 0.384 e. The molecule has 0 aliphatic carbocycles. The molecule has 0 bridgehead atoms.